The van der Waals surface area contributed by atoms with Gasteiger partial charge in [0.05, 0.1) is 5.92 Å². The summed E-state index contributed by atoms with van der Waals surface area (Å²) < 4.78 is 5.36. The summed E-state index contributed by atoms with van der Waals surface area (Å²) >= 11 is 6.00. The summed E-state index contributed by atoms with van der Waals surface area (Å²) in [6.07, 6.45) is 0.951. The van der Waals surface area contributed by atoms with Crippen LogP contribution in [0.4, 0.5) is 5.69 Å². The Balaban J connectivity index is 1.68. The van der Waals surface area contributed by atoms with Crippen molar-refractivity contribution in [3.8, 4) is 11.5 Å². The zero-order valence-electron chi connectivity index (χ0n) is 11.1. The van der Waals surface area contributed by atoms with Gasteiger partial charge in [-0.15, -0.1) is 0 Å². The predicted molar refractivity (Wildman–Crippen MR) is 81.1 cm³/mol. The first kappa shape index (κ1) is 12.4. The average molecular weight is 298 g/mol. The maximum atomic E-state index is 6.00. The van der Waals surface area contributed by atoms with Crippen LogP contribution in [0, 0.1) is 0 Å². The van der Waals surface area contributed by atoms with E-state index in [2.05, 4.69) is 22.3 Å². The van der Waals surface area contributed by atoms with Gasteiger partial charge in [-0.2, -0.15) is 4.98 Å². The van der Waals surface area contributed by atoms with E-state index in [0.29, 0.717) is 22.4 Å². The minimum atomic E-state index is 0.218. The fourth-order valence-corrected chi connectivity index (χ4v) is 2.96. The molecule has 2 aromatic carbocycles. The summed E-state index contributed by atoms with van der Waals surface area (Å²) in [5.41, 5.74) is 9.73. The van der Waals surface area contributed by atoms with Gasteiger partial charge in [-0.1, -0.05) is 41.0 Å². The molecule has 4 nitrogen and oxygen atoms in total. The van der Waals surface area contributed by atoms with Crippen molar-refractivity contribution in [2.75, 3.05) is 5.73 Å². The third kappa shape index (κ3) is 2.08. The number of nitrogens with two attached hydrogens (primary N) is 1. The van der Waals surface area contributed by atoms with E-state index in [1.807, 2.05) is 12.1 Å². The second kappa shape index (κ2) is 4.60. The van der Waals surface area contributed by atoms with E-state index in [0.717, 1.165) is 12.0 Å². The zero-order chi connectivity index (χ0) is 14.4. The normalized spacial score (nSPS) is 16.3. The minimum absolute atomic E-state index is 0.218. The van der Waals surface area contributed by atoms with Gasteiger partial charge in [0.1, 0.15) is 0 Å². The van der Waals surface area contributed by atoms with E-state index < -0.39 is 0 Å². The topological polar surface area (TPSA) is 64.9 Å². The molecule has 0 saturated heterocycles. The van der Waals surface area contributed by atoms with Crippen LogP contribution < -0.4 is 5.73 Å². The first-order valence-corrected chi connectivity index (χ1v) is 7.06. The van der Waals surface area contributed by atoms with Gasteiger partial charge in [-0.25, -0.2) is 0 Å². The Morgan fingerprint density at radius 3 is 2.86 bits per heavy atom. The molecule has 1 aromatic heterocycles. The quantitative estimate of drug-likeness (QED) is 0.733. The van der Waals surface area contributed by atoms with Gasteiger partial charge in [-0.3, -0.25) is 0 Å². The lowest BCUT2D eigenvalue weighted by Gasteiger charge is -2.27. The Bertz CT molecular complexity index is 808. The van der Waals surface area contributed by atoms with Crippen LogP contribution in [0.25, 0.3) is 11.5 Å². The highest BCUT2D eigenvalue weighted by Crippen LogP contribution is 2.39. The molecule has 21 heavy (non-hydrogen) atoms. The van der Waals surface area contributed by atoms with Gasteiger partial charge >= 0.3 is 0 Å². The molecule has 1 atom stereocenters. The van der Waals surface area contributed by atoms with Gasteiger partial charge in [0.15, 0.2) is 5.82 Å². The van der Waals surface area contributed by atoms with Crippen LogP contribution in [-0.2, 0) is 6.42 Å². The van der Waals surface area contributed by atoms with E-state index in [4.69, 9.17) is 21.9 Å². The molecule has 104 valence electrons. The molecule has 3 aromatic rings. The second-order valence-electron chi connectivity index (χ2n) is 5.19. The Morgan fingerprint density at radius 1 is 1.19 bits per heavy atom. The monoisotopic (exact) mass is 297 g/mol. The lowest BCUT2D eigenvalue weighted by Crippen LogP contribution is -2.19. The number of rotatable bonds is 2. The van der Waals surface area contributed by atoms with Crippen molar-refractivity contribution in [1.29, 1.82) is 0 Å². The number of hydrogen-bond donors (Lipinski definition) is 1. The molecule has 1 aliphatic rings. The fourth-order valence-electron chi connectivity index (χ4n) is 2.72. The molecule has 0 spiro atoms. The van der Waals surface area contributed by atoms with Gasteiger partial charge < -0.3 is 10.3 Å². The lowest BCUT2D eigenvalue weighted by atomic mass is 9.77. The molecule has 1 aliphatic carbocycles. The number of hydrogen-bond acceptors (Lipinski definition) is 4. The third-order valence-electron chi connectivity index (χ3n) is 3.78. The molecule has 0 saturated carbocycles. The molecule has 0 amide bonds. The largest absolute Gasteiger partial charge is 0.399 e. The summed E-state index contributed by atoms with van der Waals surface area (Å²) in [4.78, 5) is 4.49. The molecular weight excluding hydrogens is 286 g/mol. The zero-order valence-corrected chi connectivity index (χ0v) is 11.8. The van der Waals surface area contributed by atoms with Crippen LogP contribution >= 0.6 is 11.6 Å². The lowest BCUT2D eigenvalue weighted by molar-refractivity contribution is 0.416. The van der Waals surface area contributed by atoms with Crippen molar-refractivity contribution in [2.45, 2.75) is 12.3 Å². The fraction of sp³-hybridized carbons (Fsp3) is 0.125. The molecule has 4 rings (SSSR count). The van der Waals surface area contributed by atoms with Crippen LogP contribution in [-0.4, -0.2) is 10.1 Å². The molecule has 0 aliphatic heterocycles. The number of benzene rings is 2. The highest BCUT2D eigenvalue weighted by Gasteiger charge is 2.31. The van der Waals surface area contributed by atoms with Crippen LogP contribution in [0.15, 0.2) is 47.0 Å². The van der Waals surface area contributed by atoms with Crippen molar-refractivity contribution in [3.05, 3.63) is 64.4 Å². The van der Waals surface area contributed by atoms with E-state index >= 15 is 0 Å². The maximum absolute atomic E-state index is 6.00. The molecular formula is C16H12ClN3O. The molecule has 0 radical (unpaired) electrons. The Morgan fingerprint density at radius 2 is 2.05 bits per heavy atom. The summed E-state index contributed by atoms with van der Waals surface area (Å²) in [7, 11) is 0. The number of halogens is 1. The number of anilines is 1. The van der Waals surface area contributed by atoms with Gasteiger partial charge in [-0.05, 0) is 35.7 Å². The highest BCUT2D eigenvalue weighted by molar-refractivity contribution is 6.31. The maximum Gasteiger partial charge on any atom is 0.258 e. The van der Waals surface area contributed by atoms with Gasteiger partial charge in [0.2, 0.25) is 0 Å². The first-order chi connectivity index (χ1) is 10.2. The number of fused-ring (bicyclic) bond motifs is 1. The Kier molecular flexibility index (Phi) is 2.72. The van der Waals surface area contributed by atoms with E-state index in [-0.39, 0.29) is 5.92 Å². The molecule has 1 unspecified atom stereocenters. The minimum Gasteiger partial charge on any atom is -0.399 e. The number of nitrogens with zero attached hydrogens (tertiary/aromatic N) is 2. The van der Waals surface area contributed by atoms with Crippen molar-refractivity contribution >= 4 is 17.3 Å². The van der Waals surface area contributed by atoms with E-state index in [9.17, 15) is 0 Å². The highest BCUT2D eigenvalue weighted by atomic mass is 35.5. The summed E-state index contributed by atoms with van der Waals surface area (Å²) in [5.74, 6) is 1.38. The molecule has 0 bridgehead atoms. The van der Waals surface area contributed by atoms with Crippen molar-refractivity contribution in [2.24, 2.45) is 0 Å². The molecule has 0 fully saturated rings. The number of nitrogen functional groups attached to an aromatic ring is 1. The average Bonchev–Trinajstić information content (AvgIpc) is 2.88. The second-order valence-corrected chi connectivity index (χ2v) is 5.62. The van der Waals surface area contributed by atoms with Crippen molar-refractivity contribution in [1.82, 2.24) is 10.1 Å². The van der Waals surface area contributed by atoms with Crippen molar-refractivity contribution < 1.29 is 4.52 Å². The third-order valence-corrected chi connectivity index (χ3v) is 3.99. The number of aromatic nitrogens is 2. The summed E-state index contributed by atoms with van der Waals surface area (Å²) in [6, 6.07) is 13.5. The predicted octanol–water partition coefficient (Wildman–Crippen LogP) is 3.66. The van der Waals surface area contributed by atoms with Crippen LogP contribution in [0.2, 0.25) is 5.02 Å². The standard InChI is InChI=1S/C16H12ClN3O/c17-11-5-10(6-12(18)8-11)16-19-15(20-21-16)14-7-9-3-1-2-4-13(9)14/h1-6,8,14H,7,18H2. The Labute approximate surface area is 126 Å². The van der Waals surface area contributed by atoms with E-state index in [1.54, 1.807) is 18.2 Å². The Hall–Kier alpha value is -2.33. The van der Waals surface area contributed by atoms with Gasteiger partial charge in [0, 0.05) is 16.3 Å². The summed E-state index contributed by atoms with van der Waals surface area (Å²) in [5, 5.41) is 4.66. The molecule has 1 heterocycles. The van der Waals surface area contributed by atoms with Crippen LogP contribution in [0.1, 0.15) is 22.9 Å². The summed E-state index contributed by atoms with van der Waals surface area (Å²) in [6.45, 7) is 0. The molecule has 2 N–H and O–H groups in total. The first-order valence-electron chi connectivity index (χ1n) is 6.68. The van der Waals surface area contributed by atoms with E-state index in [1.165, 1.54) is 11.1 Å². The SMILES string of the molecule is Nc1cc(Cl)cc(-c2nc(C3Cc4ccccc43)no2)c1. The smallest absolute Gasteiger partial charge is 0.258 e. The van der Waals surface area contributed by atoms with Crippen LogP contribution in [0.5, 0.6) is 0 Å². The van der Waals surface area contributed by atoms with Crippen LogP contribution in [0.3, 0.4) is 0 Å². The molecule has 5 heteroatoms. The van der Waals surface area contributed by atoms with Gasteiger partial charge in [0.25, 0.3) is 5.89 Å². The van der Waals surface area contributed by atoms with Crippen molar-refractivity contribution in [3.63, 3.8) is 0 Å².